The van der Waals surface area contributed by atoms with Gasteiger partial charge >= 0.3 is 0 Å². The van der Waals surface area contributed by atoms with Gasteiger partial charge in [-0.2, -0.15) is 0 Å². The molecule has 1 N–H and O–H groups in total. The Morgan fingerprint density at radius 2 is 2.11 bits per heavy atom. The molecule has 0 saturated carbocycles. The Labute approximate surface area is 112 Å². The first-order valence-corrected chi connectivity index (χ1v) is 6.84. The number of hydrogen-bond donors (Lipinski definition) is 1. The van der Waals surface area contributed by atoms with Gasteiger partial charge in [-0.05, 0) is 18.1 Å². The summed E-state index contributed by atoms with van der Waals surface area (Å²) < 4.78 is 5.13. The number of aromatic nitrogens is 1. The summed E-state index contributed by atoms with van der Waals surface area (Å²) in [5.41, 5.74) is 5.52. The highest BCUT2D eigenvalue weighted by atomic mass is 32.1. The van der Waals surface area contributed by atoms with Crippen LogP contribution in [0.15, 0.2) is 29.8 Å². The van der Waals surface area contributed by atoms with Gasteiger partial charge in [0.2, 0.25) is 0 Å². The van der Waals surface area contributed by atoms with Crippen LogP contribution in [-0.2, 0) is 24.4 Å². The van der Waals surface area contributed by atoms with Crippen molar-refractivity contribution >= 4 is 11.3 Å². The van der Waals surface area contributed by atoms with Gasteiger partial charge in [-0.1, -0.05) is 24.3 Å². The van der Waals surface area contributed by atoms with E-state index in [0.29, 0.717) is 6.61 Å². The van der Waals surface area contributed by atoms with Gasteiger partial charge in [-0.15, -0.1) is 11.3 Å². The van der Waals surface area contributed by atoms with Crippen molar-refractivity contribution in [1.82, 2.24) is 10.3 Å². The third kappa shape index (κ3) is 3.63. The highest BCUT2D eigenvalue weighted by Gasteiger charge is 2.01. The summed E-state index contributed by atoms with van der Waals surface area (Å²) in [5.74, 6) is 0. The summed E-state index contributed by atoms with van der Waals surface area (Å²) >= 11 is 1.70. The minimum Gasteiger partial charge on any atom is -0.380 e. The highest BCUT2D eigenvalue weighted by molar-refractivity contribution is 7.09. The zero-order valence-electron chi connectivity index (χ0n) is 10.8. The molecule has 0 fully saturated rings. The quantitative estimate of drug-likeness (QED) is 0.869. The number of thiazole rings is 1. The van der Waals surface area contributed by atoms with E-state index in [4.69, 9.17) is 4.74 Å². The number of nitrogens with zero attached hydrogens (tertiary/aromatic N) is 1. The standard InChI is InChI=1S/C14H18N2OS/c1-11-14(18-10-16-11)8-15-7-12-4-3-5-13(6-12)9-17-2/h3-6,10,15H,7-9H2,1-2H3. The maximum Gasteiger partial charge on any atom is 0.0798 e. The Kier molecular flexibility index (Phi) is 4.87. The number of rotatable bonds is 6. The third-order valence-electron chi connectivity index (χ3n) is 2.76. The van der Waals surface area contributed by atoms with Gasteiger partial charge in [-0.25, -0.2) is 4.98 Å². The third-order valence-corrected chi connectivity index (χ3v) is 3.70. The molecule has 96 valence electrons. The molecule has 1 aromatic carbocycles. The summed E-state index contributed by atoms with van der Waals surface area (Å²) in [6.45, 7) is 4.47. The fourth-order valence-electron chi connectivity index (χ4n) is 1.81. The van der Waals surface area contributed by atoms with Gasteiger partial charge in [-0.3, -0.25) is 0 Å². The molecular weight excluding hydrogens is 244 g/mol. The lowest BCUT2D eigenvalue weighted by Crippen LogP contribution is -2.12. The Bertz CT molecular complexity index is 496. The Hall–Kier alpha value is -1.23. The molecule has 0 spiro atoms. The second kappa shape index (κ2) is 6.64. The zero-order chi connectivity index (χ0) is 12.8. The smallest absolute Gasteiger partial charge is 0.0798 e. The van der Waals surface area contributed by atoms with Gasteiger partial charge in [0, 0.05) is 25.1 Å². The van der Waals surface area contributed by atoms with Crippen LogP contribution in [0.5, 0.6) is 0 Å². The van der Waals surface area contributed by atoms with Crippen LogP contribution in [0.3, 0.4) is 0 Å². The van der Waals surface area contributed by atoms with E-state index < -0.39 is 0 Å². The summed E-state index contributed by atoms with van der Waals surface area (Å²) in [7, 11) is 1.72. The molecule has 0 atom stereocenters. The van der Waals surface area contributed by atoms with Crippen molar-refractivity contribution in [2.45, 2.75) is 26.6 Å². The molecular formula is C14H18N2OS. The van der Waals surface area contributed by atoms with Gasteiger partial charge in [0.1, 0.15) is 0 Å². The molecule has 1 aromatic heterocycles. The number of methoxy groups -OCH3 is 1. The molecule has 0 amide bonds. The maximum atomic E-state index is 5.13. The largest absolute Gasteiger partial charge is 0.380 e. The van der Waals surface area contributed by atoms with E-state index >= 15 is 0 Å². The summed E-state index contributed by atoms with van der Waals surface area (Å²) in [6, 6.07) is 8.46. The van der Waals surface area contributed by atoms with Crippen molar-refractivity contribution in [3.05, 3.63) is 51.5 Å². The predicted molar refractivity (Wildman–Crippen MR) is 74.5 cm³/mol. The molecule has 0 aliphatic carbocycles. The van der Waals surface area contributed by atoms with Crippen molar-refractivity contribution in [3.63, 3.8) is 0 Å². The summed E-state index contributed by atoms with van der Waals surface area (Å²) in [5, 5.41) is 3.44. The van der Waals surface area contributed by atoms with E-state index in [0.717, 1.165) is 18.8 Å². The number of ether oxygens (including phenoxy) is 1. The van der Waals surface area contributed by atoms with Crippen molar-refractivity contribution < 1.29 is 4.74 Å². The van der Waals surface area contributed by atoms with E-state index in [1.165, 1.54) is 16.0 Å². The second-order valence-electron chi connectivity index (χ2n) is 4.22. The Balaban J connectivity index is 1.86. The normalized spacial score (nSPS) is 10.8. The van der Waals surface area contributed by atoms with Crippen LogP contribution in [0.2, 0.25) is 0 Å². The first-order chi connectivity index (χ1) is 8.79. The van der Waals surface area contributed by atoms with Crippen LogP contribution in [0.25, 0.3) is 0 Å². The molecule has 0 radical (unpaired) electrons. The molecule has 0 bridgehead atoms. The molecule has 4 heteroatoms. The Morgan fingerprint density at radius 3 is 2.83 bits per heavy atom. The van der Waals surface area contributed by atoms with E-state index in [2.05, 4.69) is 34.6 Å². The molecule has 2 aromatic rings. The summed E-state index contributed by atoms with van der Waals surface area (Å²) in [6.07, 6.45) is 0. The lowest BCUT2D eigenvalue weighted by atomic mass is 10.1. The Morgan fingerprint density at radius 1 is 1.28 bits per heavy atom. The van der Waals surface area contributed by atoms with Gasteiger partial charge in [0.15, 0.2) is 0 Å². The summed E-state index contributed by atoms with van der Waals surface area (Å²) in [4.78, 5) is 5.55. The van der Waals surface area contributed by atoms with E-state index in [9.17, 15) is 0 Å². The van der Waals surface area contributed by atoms with Crippen LogP contribution in [0.1, 0.15) is 21.7 Å². The highest BCUT2D eigenvalue weighted by Crippen LogP contribution is 2.12. The average Bonchev–Trinajstić information content (AvgIpc) is 2.76. The minimum absolute atomic E-state index is 0.668. The lowest BCUT2D eigenvalue weighted by Gasteiger charge is -2.06. The first kappa shape index (κ1) is 13.2. The topological polar surface area (TPSA) is 34.1 Å². The molecule has 0 saturated heterocycles. The molecule has 18 heavy (non-hydrogen) atoms. The fourth-order valence-corrected chi connectivity index (χ4v) is 2.56. The number of benzene rings is 1. The number of aryl methyl sites for hydroxylation is 1. The number of hydrogen-bond acceptors (Lipinski definition) is 4. The zero-order valence-corrected chi connectivity index (χ0v) is 11.6. The predicted octanol–water partition coefficient (Wildman–Crippen LogP) is 2.89. The SMILES string of the molecule is COCc1cccc(CNCc2scnc2C)c1. The van der Waals surface area contributed by atoms with Crippen LogP contribution in [0, 0.1) is 6.92 Å². The average molecular weight is 262 g/mol. The maximum absolute atomic E-state index is 5.13. The van der Waals surface area contributed by atoms with Crippen LogP contribution in [0.4, 0.5) is 0 Å². The monoisotopic (exact) mass is 262 g/mol. The van der Waals surface area contributed by atoms with E-state index in [1.54, 1.807) is 18.4 Å². The fraction of sp³-hybridized carbons (Fsp3) is 0.357. The number of nitrogens with one attached hydrogen (secondary N) is 1. The van der Waals surface area contributed by atoms with Crippen LogP contribution in [-0.4, -0.2) is 12.1 Å². The second-order valence-corrected chi connectivity index (χ2v) is 5.16. The first-order valence-electron chi connectivity index (χ1n) is 5.96. The van der Waals surface area contributed by atoms with Crippen molar-refractivity contribution in [3.8, 4) is 0 Å². The van der Waals surface area contributed by atoms with Crippen molar-refractivity contribution in [2.24, 2.45) is 0 Å². The van der Waals surface area contributed by atoms with E-state index in [-0.39, 0.29) is 0 Å². The van der Waals surface area contributed by atoms with Crippen molar-refractivity contribution in [1.29, 1.82) is 0 Å². The van der Waals surface area contributed by atoms with E-state index in [1.807, 2.05) is 12.4 Å². The van der Waals surface area contributed by atoms with Gasteiger partial charge in [0.05, 0.1) is 17.8 Å². The molecule has 0 unspecified atom stereocenters. The molecule has 3 nitrogen and oxygen atoms in total. The molecule has 2 rings (SSSR count). The van der Waals surface area contributed by atoms with Gasteiger partial charge in [0.25, 0.3) is 0 Å². The van der Waals surface area contributed by atoms with Crippen LogP contribution >= 0.6 is 11.3 Å². The molecule has 1 heterocycles. The lowest BCUT2D eigenvalue weighted by molar-refractivity contribution is 0.185. The van der Waals surface area contributed by atoms with Crippen molar-refractivity contribution in [2.75, 3.05) is 7.11 Å². The molecule has 0 aliphatic heterocycles. The molecule has 0 aliphatic rings. The minimum atomic E-state index is 0.668. The van der Waals surface area contributed by atoms with Crippen LogP contribution < -0.4 is 5.32 Å². The van der Waals surface area contributed by atoms with Gasteiger partial charge < -0.3 is 10.1 Å².